The fourth-order valence-corrected chi connectivity index (χ4v) is 2.19. The van der Waals surface area contributed by atoms with Gasteiger partial charge >= 0.3 is 0 Å². The Kier molecular flexibility index (Phi) is 5.69. The highest BCUT2D eigenvalue weighted by atomic mass is 16.5. The van der Waals surface area contributed by atoms with Gasteiger partial charge in [0, 0.05) is 12.4 Å². The number of hydrogen-bond acceptors (Lipinski definition) is 4. The number of benzene rings is 1. The van der Waals surface area contributed by atoms with Crippen LogP contribution in [0.2, 0.25) is 0 Å². The average molecular weight is 285 g/mol. The number of methoxy groups -OCH3 is 1. The predicted octanol–water partition coefficient (Wildman–Crippen LogP) is 3.08. The lowest BCUT2D eigenvalue weighted by Crippen LogP contribution is -2.26. The van der Waals surface area contributed by atoms with Gasteiger partial charge in [-0.1, -0.05) is 19.1 Å². The summed E-state index contributed by atoms with van der Waals surface area (Å²) >= 11 is 0. The molecule has 112 valence electrons. The second-order valence-electron chi connectivity index (χ2n) is 5.18. The molecule has 1 aromatic carbocycles. The molecular formula is C17H23N3O. The van der Waals surface area contributed by atoms with E-state index in [-0.39, 0.29) is 6.04 Å². The second-order valence-corrected chi connectivity index (χ2v) is 5.18. The summed E-state index contributed by atoms with van der Waals surface area (Å²) in [5.74, 6) is 1.73. The fourth-order valence-electron chi connectivity index (χ4n) is 2.19. The van der Waals surface area contributed by atoms with Gasteiger partial charge in [0.15, 0.2) is 0 Å². The van der Waals surface area contributed by atoms with E-state index < -0.39 is 0 Å². The van der Waals surface area contributed by atoms with Gasteiger partial charge in [0.1, 0.15) is 11.6 Å². The Morgan fingerprint density at radius 1 is 1.24 bits per heavy atom. The molecule has 1 heterocycles. The second kappa shape index (κ2) is 7.74. The fraction of sp³-hybridized carbons (Fsp3) is 0.412. The molecule has 0 aliphatic heterocycles. The van der Waals surface area contributed by atoms with Gasteiger partial charge in [0.2, 0.25) is 0 Å². The smallest absolute Gasteiger partial charge is 0.145 e. The van der Waals surface area contributed by atoms with Gasteiger partial charge in [-0.15, -0.1) is 0 Å². The zero-order valence-corrected chi connectivity index (χ0v) is 13.0. The highest BCUT2D eigenvalue weighted by Gasteiger charge is 2.14. The number of nitrogens with one attached hydrogen (secondary N) is 1. The third-order valence-corrected chi connectivity index (χ3v) is 3.33. The highest BCUT2D eigenvalue weighted by molar-refractivity contribution is 5.29. The molecule has 0 saturated heterocycles. The molecule has 0 aliphatic rings. The maximum Gasteiger partial charge on any atom is 0.145 e. The molecule has 1 N–H and O–H groups in total. The lowest BCUT2D eigenvalue weighted by atomic mass is 10.0. The number of ether oxygens (including phenoxy) is 1. The van der Waals surface area contributed by atoms with Crippen molar-refractivity contribution in [2.75, 3.05) is 13.7 Å². The summed E-state index contributed by atoms with van der Waals surface area (Å²) in [4.78, 5) is 8.93. The molecule has 0 fully saturated rings. The molecule has 2 rings (SSSR count). The quantitative estimate of drug-likeness (QED) is 0.849. The van der Waals surface area contributed by atoms with Crippen LogP contribution in [0.3, 0.4) is 0 Å². The van der Waals surface area contributed by atoms with E-state index >= 15 is 0 Å². The summed E-state index contributed by atoms with van der Waals surface area (Å²) in [6, 6.07) is 8.27. The van der Waals surface area contributed by atoms with Crippen LogP contribution in [0.4, 0.5) is 0 Å². The van der Waals surface area contributed by atoms with Crippen LogP contribution in [0.1, 0.15) is 36.3 Å². The van der Waals surface area contributed by atoms with Crippen LogP contribution in [0.25, 0.3) is 0 Å². The Morgan fingerprint density at radius 3 is 2.67 bits per heavy atom. The number of aromatic nitrogens is 2. The van der Waals surface area contributed by atoms with Gasteiger partial charge < -0.3 is 10.1 Å². The van der Waals surface area contributed by atoms with Gasteiger partial charge in [-0.25, -0.2) is 9.97 Å². The molecule has 4 heteroatoms. The lowest BCUT2D eigenvalue weighted by molar-refractivity contribution is 0.413. The monoisotopic (exact) mass is 285 g/mol. The molecule has 0 radical (unpaired) electrons. The first-order valence-electron chi connectivity index (χ1n) is 7.37. The summed E-state index contributed by atoms with van der Waals surface area (Å²) in [5.41, 5.74) is 2.29. The molecule has 0 saturated carbocycles. The molecule has 1 unspecified atom stereocenters. The zero-order valence-electron chi connectivity index (χ0n) is 13.0. The standard InChI is InChI=1S/C17H23N3O/c1-4-8-18-16(17-19-11-13(2)12-20-17)10-14-6-5-7-15(9-14)21-3/h5-7,9,11-12,16,18H,4,8,10H2,1-3H3. The van der Waals surface area contributed by atoms with Crippen LogP contribution in [0, 0.1) is 6.92 Å². The molecule has 21 heavy (non-hydrogen) atoms. The van der Waals surface area contributed by atoms with E-state index in [2.05, 4.69) is 34.3 Å². The molecule has 1 atom stereocenters. The van der Waals surface area contributed by atoms with E-state index in [0.29, 0.717) is 0 Å². The van der Waals surface area contributed by atoms with E-state index in [0.717, 1.165) is 36.5 Å². The Bertz CT molecular complexity index is 554. The normalized spacial score (nSPS) is 12.1. The average Bonchev–Trinajstić information content (AvgIpc) is 2.52. The van der Waals surface area contributed by atoms with Crippen molar-refractivity contribution >= 4 is 0 Å². The van der Waals surface area contributed by atoms with Crippen molar-refractivity contribution in [3.63, 3.8) is 0 Å². The van der Waals surface area contributed by atoms with Crippen LogP contribution in [-0.4, -0.2) is 23.6 Å². The van der Waals surface area contributed by atoms with Crippen LogP contribution in [0.5, 0.6) is 5.75 Å². The molecule has 1 aromatic heterocycles. The SMILES string of the molecule is CCCNC(Cc1cccc(OC)c1)c1ncc(C)cn1. The Labute approximate surface area is 126 Å². The minimum Gasteiger partial charge on any atom is -0.497 e. The molecule has 0 bridgehead atoms. The number of rotatable bonds is 7. The van der Waals surface area contributed by atoms with Crippen molar-refractivity contribution in [1.29, 1.82) is 0 Å². The Morgan fingerprint density at radius 2 is 2.00 bits per heavy atom. The molecule has 2 aromatic rings. The first kappa shape index (κ1) is 15.4. The Hall–Kier alpha value is -1.94. The molecule has 4 nitrogen and oxygen atoms in total. The summed E-state index contributed by atoms with van der Waals surface area (Å²) in [7, 11) is 1.69. The molecular weight excluding hydrogens is 262 g/mol. The van der Waals surface area contributed by atoms with Crippen molar-refractivity contribution in [2.24, 2.45) is 0 Å². The van der Waals surface area contributed by atoms with Crippen LogP contribution in [-0.2, 0) is 6.42 Å². The van der Waals surface area contributed by atoms with Crippen molar-refractivity contribution in [3.8, 4) is 5.75 Å². The summed E-state index contributed by atoms with van der Waals surface area (Å²) < 4.78 is 5.29. The van der Waals surface area contributed by atoms with Gasteiger partial charge in [0.05, 0.1) is 13.2 Å². The van der Waals surface area contributed by atoms with Crippen molar-refractivity contribution in [1.82, 2.24) is 15.3 Å². The van der Waals surface area contributed by atoms with E-state index in [1.807, 2.05) is 31.5 Å². The Balaban J connectivity index is 2.17. The van der Waals surface area contributed by atoms with E-state index in [1.165, 1.54) is 5.56 Å². The lowest BCUT2D eigenvalue weighted by Gasteiger charge is -2.17. The van der Waals surface area contributed by atoms with Gasteiger partial charge in [0.25, 0.3) is 0 Å². The third-order valence-electron chi connectivity index (χ3n) is 3.33. The van der Waals surface area contributed by atoms with Gasteiger partial charge in [-0.2, -0.15) is 0 Å². The van der Waals surface area contributed by atoms with Crippen molar-refractivity contribution in [2.45, 2.75) is 32.7 Å². The van der Waals surface area contributed by atoms with Gasteiger partial charge in [-0.05, 0) is 49.6 Å². The number of hydrogen-bond donors (Lipinski definition) is 1. The highest BCUT2D eigenvalue weighted by Crippen LogP contribution is 2.19. The third kappa shape index (κ3) is 4.53. The van der Waals surface area contributed by atoms with Gasteiger partial charge in [-0.3, -0.25) is 0 Å². The summed E-state index contributed by atoms with van der Waals surface area (Å²) in [5, 5.41) is 3.53. The summed E-state index contributed by atoms with van der Waals surface area (Å²) in [6.07, 6.45) is 5.67. The molecule has 0 aliphatic carbocycles. The number of aryl methyl sites for hydroxylation is 1. The minimum atomic E-state index is 0.123. The first-order valence-corrected chi connectivity index (χ1v) is 7.37. The largest absolute Gasteiger partial charge is 0.497 e. The molecule has 0 amide bonds. The van der Waals surface area contributed by atoms with Crippen molar-refractivity contribution < 1.29 is 4.74 Å². The van der Waals surface area contributed by atoms with E-state index in [9.17, 15) is 0 Å². The van der Waals surface area contributed by atoms with Crippen molar-refractivity contribution in [3.05, 3.63) is 53.6 Å². The topological polar surface area (TPSA) is 47.0 Å². The first-order chi connectivity index (χ1) is 10.2. The minimum absolute atomic E-state index is 0.123. The van der Waals surface area contributed by atoms with Crippen LogP contribution >= 0.6 is 0 Å². The van der Waals surface area contributed by atoms with Crippen LogP contribution in [0.15, 0.2) is 36.7 Å². The summed E-state index contributed by atoms with van der Waals surface area (Å²) in [6.45, 7) is 5.11. The van der Waals surface area contributed by atoms with E-state index in [4.69, 9.17) is 4.74 Å². The predicted molar refractivity (Wildman–Crippen MR) is 84.5 cm³/mol. The zero-order chi connectivity index (χ0) is 15.1. The maximum atomic E-state index is 5.29. The van der Waals surface area contributed by atoms with Crippen LogP contribution < -0.4 is 10.1 Å². The van der Waals surface area contributed by atoms with E-state index in [1.54, 1.807) is 7.11 Å². The molecule has 0 spiro atoms. The number of nitrogens with zero attached hydrogens (tertiary/aromatic N) is 2. The maximum absolute atomic E-state index is 5.29.